The lowest BCUT2D eigenvalue weighted by molar-refractivity contribution is -0.145. The van der Waals surface area contributed by atoms with Crippen molar-refractivity contribution in [2.45, 2.75) is 30.9 Å². The summed E-state index contributed by atoms with van der Waals surface area (Å²) in [5, 5.41) is 8.44. The monoisotopic (exact) mass is 291 g/mol. The average molecular weight is 291 g/mol. The van der Waals surface area contributed by atoms with E-state index in [0.29, 0.717) is 32.4 Å². The van der Waals surface area contributed by atoms with Crippen LogP contribution in [0.1, 0.15) is 25.7 Å². The number of aliphatic hydroxyl groups excluding tert-OH is 1. The molecular weight excluding hydrogens is 270 g/mol. The fourth-order valence-corrected chi connectivity index (χ4v) is 5.36. The van der Waals surface area contributed by atoms with Gasteiger partial charge in [0.15, 0.2) is 0 Å². The molecule has 3 atom stereocenters. The highest BCUT2D eigenvalue weighted by molar-refractivity contribution is 7.89. The molecule has 3 unspecified atom stereocenters. The highest BCUT2D eigenvalue weighted by atomic mass is 32.2. The van der Waals surface area contributed by atoms with Gasteiger partial charge in [0, 0.05) is 19.7 Å². The van der Waals surface area contributed by atoms with Crippen LogP contribution in [-0.2, 0) is 19.6 Å². The van der Waals surface area contributed by atoms with Crippen LogP contribution in [0.4, 0.5) is 0 Å². The number of hydrogen-bond donors (Lipinski definition) is 1. The number of carbonyl (C=O) groups excluding carboxylic acids is 1. The Kier molecular flexibility index (Phi) is 4.47. The smallest absolute Gasteiger partial charge is 0.310 e. The van der Waals surface area contributed by atoms with Crippen molar-refractivity contribution in [1.29, 1.82) is 0 Å². The van der Waals surface area contributed by atoms with E-state index in [9.17, 15) is 13.2 Å². The molecule has 2 aliphatic rings. The van der Waals surface area contributed by atoms with Crippen LogP contribution in [0.3, 0.4) is 0 Å². The maximum Gasteiger partial charge on any atom is 0.310 e. The van der Waals surface area contributed by atoms with E-state index in [2.05, 4.69) is 0 Å². The van der Waals surface area contributed by atoms with Gasteiger partial charge in [0.2, 0.25) is 10.0 Å². The Bertz CT molecular complexity index is 435. The lowest BCUT2D eigenvalue weighted by atomic mass is 10.1. The second-order valence-electron chi connectivity index (χ2n) is 5.34. The predicted molar refractivity (Wildman–Crippen MR) is 68.8 cm³/mol. The summed E-state index contributed by atoms with van der Waals surface area (Å²) in [6.07, 6.45) is 2.52. The van der Waals surface area contributed by atoms with Crippen LogP contribution < -0.4 is 0 Å². The molecule has 6 nitrogen and oxygen atoms in total. The number of sulfonamides is 1. The van der Waals surface area contributed by atoms with Gasteiger partial charge < -0.3 is 9.84 Å². The topological polar surface area (TPSA) is 83.9 Å². The van der Waals surface area contributed by atoms with E-state index in [1.54, 1.807) is 0 Å². The van der Waals surface area contributed by atoms with Crippen molar-refractivity contribution in [1.82, 2.24) is 4.31 Å². The van der Waals surface area contributed by atoms with Crippen LogP contribution in [0.25, 0.3) is 0 Å². The lowest BCUT2D eigenvalue weighted by Crippen LogP contribution is -2.41. The molecule has 0 spiro atoms. The van der Waals surface area contributed by atoms with Gasteiger partial charge in [0.1, 0.15) is 0 Å². The Morgan fingerprint density at radius 3 is 2.68 bits per heavy atom. The van der Waals surface area contributed by atoms with E-state index in [4.69, 9.17) is 9.84 Å². The van der Waals surface area contributed by atoms with E-state index >= 15 is 0 Å². The second kappa shape index (κ2) is 5.76. The normalized spacial score (nSPS) is 32.6. The van der Waals surface area contributed by atoms with Gasteiger partial charge in [-0.15, -0.1) is 0 Å². The highest BCUT2D eigenvalue weighted by Gasteiger charge is 2.46. The van der Waals surface area contributed by atoms with Crippen molar-refractivity contribution in [2.24, 2.45) is 11.8 Å². The summed E-state index contributed by atoms with van der Waals surface area (Å²) in [7, 11) is -2.17. The quantitative estimate of drug-likeness (QED) is 0.736. The molecule has 1 saturated carbocycles. The zero-order valence-electron chi connectivity index (χ0n) is 11.1. The number of methoxy groups -OCH3 is 1. The van der Waals surface area contributed by atoms with E-state index in [-0.39, 0.29) is 12.5 Å². The van der Waals surface area contributed by atoms with Crippen molar-refractivity contribution >= 4 is 16.0 Å². The number of esters is 1. The minimum Gasteiger partial charge on any atom is -0.469 e. The summed E-state index contributed by atoms with van der Waals surface area (Å²) in [6.45, 7) is 0.818. The Morgan fingerprint density at radius 2 is 2.11 bits per heavy atom. The number of rotatable bonds is 4. The van der Waals surface area contributed by atoms with Gasteiger partial charge in [-0.25, -0.2) is 12.7 Å². The highest BCUT2D eigenvalue weighted by Crippen LogP contribution is 2.35. The zero-order valence-corrected chi connectivity index (χ0v) is 11.9. The Hall–Kier alpha value is -0.660. The van der Waals surface area contributed by atoms with Crippen molar-refractivity contribution in [3.8, 4) is 0 Å². The standard InChI is InChI=1S/C12H21NO5S/c1-18-12(15)10-3-2-4-11(10)19(16,17)13-6-5-9(7-13)8-14/h9-11,14H,2-8H2,1H3. The molecule has 1 aliphatic carbocycles. The van der Waals surface area contributed by atoms with Gasteiger partial charge in [-0.2, -0.15) is 0 Å². The first-order valence-electron chi connectivity index (χ1n) is 6.68. The van der Waals surface area contributed by atoms with Gasteiger partial charge in [-0.3, -0.25) is 4.79 Å². The molecule has 0 aromatic heterocycles. The van der Waals surface area contributed by atoms with Gasteiger partial charge in [0.25, 0.3) is 0 Å². The van der Waals surface area contributed by atoms with E-state index in [0.717, 1.165) is 6.42 Å². The molecule has 0 aromatic carbocycles. The molecule has 1 saturated heterocycles. The van der Waals surface area contributed by atoms with Crippen LogP contribution in [0.2, 0.25) is 0 Å². The maximum atomic E-state index is 12.6. The summed E-state index contributed by atoms with van der Waals surface area (Å²) >= 11 is 0. The molecule has 1 N–H and O–H groups in total. The minimum atomic E-state index is -3.46. The van der Waals surface area contributed by atoms with E-state index in [1.807, 2.05) is 0 Å². The number of ether oxygens (including phenoxy) is 1. The van der Waals surface area contributed by atoms with Crippen molar-refractivity contribution in [2.75, 3.05) is 26.8 Å². The summed E-state index contributed by atoms with van der Waals surface area (Å²) < 4.78 is 31.3. The first-order chi connectivity index (χ1) is 9.00. The molecule has 0 amide bonds. The second-order valence-corrected chi connectivity index (χ2v) is 7.49. The number of carbonyl (C=O) groups is 1. The first-order valence-corrected chi connectivity index (χ1v) is 8.18. The van der Waals surface area contributed by atoms with Gasteiger partial charge in [-0.05, 0) is 25.2 Å². The molecular formula is C12H21NO5S. The SMILES string of the molecule is COC(=O)C1CCCC1S(=O)(=O)N1CCC(CO)C1. The van der Waals surface area contributed by atoms with Crippen LogP contribution in [-0.4, -0.2) is 55.9 Å². The van der Waals surface area contributed by atoms with Crippen molar-refractivity contribution in [3.63, 3.8) is 0 Å². The van der Waals surface area contributed by atoms with Crippen LogP contribution in [0, 0.1) is 11.8 Å². The molecule has 7 heteroatoms. The Labute approximate surface area is 113 Å². The summed E-state index contributed by atoms with van der Waals surface area (Å²) in [5.74, 6) is -0.945. The van der Waals surface area contributed by atoms with E-state index < -0.39 is 27.2 Å². The zero-order chi connectivity index (χ0) is 14.0. The van der Waals surface area contributed by atoms with Crippen LogP contribution in [0.5, 0.6) is 0 Å². The van der Waals surface area contributed by atoms with E-state index in [1.165, 1.54) is 11.4 Å². The van der Waals surface area contributed by atoms with Gasteiger partial charge in [-0.1, -0.05) is 6.42 Å². The van der Waals surface area contributed by atoms with Crippen LogP contribution in [0.15, 0.2) is 0 Å². The largest absolute Gasteiger partial charge is 0.469 e. The summed E-state index contributed by atoms with van der Waals surface area (Å²) in [5.41, 5.74) is 0. The third-order valence-electron chi connectivity index (χ3n) is 4.21. The van der Waals surface area contributed by atoms with Crippen molar-refractivity contribution in [3.05, 3.63) is 0 Å². The first kappa shape index (κ1) is 14.7. The molecule has 0 aromatic rings. The molecule has 0 radical (unpaired) electrons. The minimum absolute atomic E-state index is 0.0110. The molecule has 19 heavy (non-hydrogen) atoms. The third kappa shape index (κ3) is 2.78. The number of hydrogen-bond acceptors (Lipinski definition) is 5. The molecule has 1 heterocycles. The molecule has 110 valence electrons. The average Bonchev–Trinajstić information content (AvgIpc) is 3.06. The van der Waals surface area contributed by atoms with Gasteiger partial charge in [0.05, 0.1) is 18.3 Å². The lowest BCUT2D eigenvalue weighted by Gasteiger charge is -2.24. The third-order valence-corrected chi connectivity index (χ3v) is 6.59. The molecule has 0 bridgehead atoms. The predicted octanol–water partition coefficient (Wildman–Crippen LogP) is -0.0279. The Morgan fingerprint density at radius 1 is 1.37 bits per heavy atom. The summed E-state index contributed by atoms with van der Waals surface area (Å²) in [4.78, 5) is 11.7. The molecule has 1 aliphatic heterocycles. The molecule has 2 fully saturated rings. The maximum absolute atomic E-state index is 12.6. The van der Waals surface area contributed by atoms with Crippen molar-refractivity contribution < 1.29 is 23.1 Å². The fourth-order valence-electron chi connectivity index (χ4n) is 3.07. The number of nitrogens with zero attached hydrogens (tertiary/aromatic N) is 1. The Balaban J connectivity index is 2.13. The van der Waals surface area contributed by atoms with Gasteiger partial charge >= 0.3 is 5.97 Å². The number of aliphatic hydroxyl groups is 1. The molecule has 2 rings (SSSR count). The summed E-state index contributed by atoms with van der Waals surface area (Å²) in [6, 6.07) is 0. The van der Waals surface area contributed by atoms with Crippen LogP contribution >= 0.6 is 0 Å². The fraction of sp³-hybridized carbons (Fsp3) is 0.917.